The van der Waals surface area contributed by atoms with Gasteiger partial charge < -0.3 is 6.15 Å². The predicted molar refractivity (Wildman–Crippen MR) is 47.8 cm³/mol. The molecule has 0 aromatic heterocycles. The third kappa shape index (κ3) is 3.49. The van der Waals surface area contributed by atoms with Gasteiger partial charge in [-0.1, -0.05) is 37.8 Å². The van der Waals surface area contributed by atoms with Crippen LogP contribution < -0.4 is 6.15 Å². The summed E-state index contributed by atoms with van der Waals surface area (Å²) in [6.07, 6.45) is 0. The van der Waals surface area contributed by atoms with Gasteiger partial charge in [0.05, 0.1) is 0 Å². The molecule has 2 heteroatoms. The van der Waals surface area contributed by atoms with Crippen molar-refractivity contribution in [2.45, 2.75) is 13.3 Å². The van der Waals surface area contributed by atoms with Crippen molar-refractivity contribution in [2.75, 3.05) is 0 Å². The Labute approximate surface area is 67.6 Å². The first-order valence-electron chi connectivity index (χ1n) is 2.53. The molecule has 58 valence electrons. The van der Waals surface area contributed by atoms with Crippen LogP contribution in [0, 0.1) is 0 Å². The Hall–Kier alpha value is -0.530. The molecule has 1 aromatic rings. The molecule has 0 fully saturated rings. The third-order valence-electron chi connectivity index (χ3n) is 0.997. The fraction of sp³-hybridized carbons (Fsp3) is 0.250. The molecule has 0 heterocycles. The van der Waals surface area contributed by atoms with E-state index in [1.165, 1.54) is 5.56 Å². The van der Waals surface area contributed by atoms with E-state index >= 15 is 0 Å². The van der Waals surface area contributed by atoms with Gasteiger partial charge in [-0.3, -0.25) is 0 Å². The molecule has 0 atom stereocenters. The maximum atomic E-state index is 5.53. The molecule has 0 bridgehead atoms. The molecule has 0 unspecified atom stereocenters. The molecule has 10 heavy (non-hydrogen) atoms. The van der Waals surface area contributed by atoms with Crippen molar-refractivity contribution in [1.29, 1.82) is 0 Å². The van der Waals surface area contributed by atoms with Crippen molar-refractivity contribution >= 4 is 11.6 Å². The minimum absolute atomic E-state index is 0. The summed E-state index contributed by atoms with van der Waals surface area (Å²) in [7, 11) is 0. The molecule has 1 aromatic carbocycles. The summed E-state index contributed by atoms with van der Waals surface area (Å²) in [4.78, 5) is 0. The van der Waals surface area contributed by atoms with Gasteiger partial charge in [-0.2, -0.15) is 0 Å². The van der Waals surface area contributed by atoms with Gasteiger partial charge in [0.25, 0.3) is 0 Å². The molecule has 0 aliphatic rings. The summed E-state index contributed by atoms with van der Waals surface area (Å²) in [5, 5.41) is 0. The van der Waals surface area contributed by atoms with E-state index in [4.69, 9.17) is 11.6 Å². The molecule has 1 rings (SSSR count). The largest absolute Gasteiger partial charge is 0.344 e. The van der Waals surface area contributed by atoms with Crippen LogP contribution >= 0.6 is 11.6 Å². The Bertz CT molecular complexity index is 151. The molecule has 1 nitrogen and oxygen atoms in total. The second-order valence-electron chi connectivity index (χ2n) is 1.62. The Balaban J connectivity index is 0. The first kappa shape index (κ1) is 12.2. The van der Waals surface area contributed by atoms with Crippen LogP contribution in [-0.2, 0) is 5.88 Å². The molecule has 3 N–H and O–H groups in total. The number of hydrogen-bond donors (Lipinski definition) is 1. The smallest absolute Gasteiger partial charge is 0.0474 e. The maximum Gasteiger partial charge on any atom is 0.0474 e. The van der Waals surface area contributed by atoms with Crippen LogP contribution in [0.1, 0.15) is 13.0 Å². The fourth-order valence-electron chi connectivity index (χ4n) is 0.567. The van der Waals surface area contributed by atoms with Gasteiger partial charge in [-0.25, -0.2) is 0 Å². The summed E-state index contributed by atoms with van der Waals surface area (Å²) in [6, 6.07) is 9.96. The van der Waals surface area contributed by atoms with E-state index in [0.29, 0.717) is 5.88 Å². The van der Waals surface area contributed by atoms with Gasteiger partial charge in [-0.05, 0) is 5.56 Å². The summed E-state index contributed by atoms with van der Waals surface area (Å²) >= 11 is 5.53. The van der Waals surface area contributed by atoms with E-state index in [1.54, 1.807) is 0 Å². The van der Waals surface area contributed by atoms with Crippen LogP contribution in [0.25, 0.3) is 0 Å². The molecule has 0 spiro atoms. The van der Waals surface area contributed by atoms with Crippen LogP contribution in [-0.4, -0.2) is 0 Å². The quantitative estimate of drug-likeness (QED) is 0.628. The van der Waals surface area contributed by atoms with Crippen molar-refractivity contribution in [2.24, 2.45) is 0 Å². The molecule has 0 saturated carbocycles. The molecular weight excluding hydrogens is 146 g/mol. The van der Waals surface area contributed by atoms with Crippen molar-refractivity contribution < 1.29 is 0 Å². The van der Waals surface area contributed by atoms with Gasteiger partial charge >= 0.3 is 0 Å². The minimum atomic E-state index is 0. The predicted octanol–water partition coefficient (Wildman–Crippen LogP) is 3.22. The summed E-state index contributed by atoms with van der Waals surface area (Å²) in [5.41, 5.74) is 1.18. The highest BCUT2D eigenvalue weighted by Gasteiger charge is 1.81. The summed E-state index contributed by atoms with van der Waals surface area (Å²) in [6.45, 7) is 0. The third-order valence-corrected chi connectivity index (χ3v) is 1.31. The van der Waals surface area contributed by atoms with Crippen molar-refractivity contribution in [1.82, 2.24) is 6.15 Å². The Morgan fingerprint density at radius 2 is 1.60 bits per heavy atom. The van der Waals surface area contributed by atoms with Crippen LogP contribution in [0.15, 0.2) is 30.3 Å². The monoisotopic (exact) mass is 159 g/mol. The number of rotatable bonds is 1. The van der Waals surface area contributed by atoms with Crippen molar-refractivity contribution in [3.63, 3.8) is 0 Å². The topological polar surface area (TPSA) is 35.0 Å². The number of halogens is 1. The highest BCUT2D eigenvalue weighted by molar-refractivity contribution is 6.17. The molecule has 0 saturated heterocycles. The average molecular weight is 160 g/mol. The molecule has 0 radical (unpaired) electrons. The number of benzene rings is 1. The highest BCUT2D eigenvalue weighted by atomic mass is 35.5. The van der Waals surface area contributed by atoms with Gasteiger partial charge in [0.1, 0.15) is 0 Å². The van der Waals surface area contributed by atoms with Gasteiger partial charge in [0.15, 0.2) is 0 Å². The first-order chi connectivity index (χ1) is 3.93. The van der Waals surface area contributed by atoms with Crippen LogP contribution in [0.2, 0.25) is 0 Å². The van der Waals surface area contributed by atoms with Gasteiger partial charge in [0, 0.05) is 5.88 Å². The zero-order valence-corrected chi connectivity index (χ0v) is 5.93. The number of hydrogen-bond acceptors (Lipinski definition) is 1. The molecular formula is C8H14ClN. The lowest BCUT2D eigenvalue weighted by atomic mass is 10.2. The lowest BCUT2D eigenvalue weighted by molar-refractivity contribution is 1.41. The van der Waals surface area contributed by atoms with Crippen LogP contribution in [0.5, 0.6) is 0 Å². The number of alkyl halides is 1. The van der Waals surface area contributed by atoms with Crippen LogP contribution in [0.3, 0.4) is 0 Å². The van der Waals surface area contributed by atoms with E-state index in [1.807, 2.05) is 30.3 Å². The fourth-order valence-corrected chi connectivity index (χ4v) is 0.745. The van der Waals surface area contributed by atoms with Gasteiger partial charge in [0.2, 0.25) is 0 Å². The SMILES string of the molecule is C.ClCc1ccccc1.N. The molecule has 0 aliphatic heterocycles. The minimum Gasteiger partial charge on any atom is -0.344 e. The lowest BCUT2D eigenvalue weighted by Gasteiger charge is -1.88. The first-order valence-corrected chi connectivity index (χ1v) is 3.07. The zero-order chi connectivity index (χ0) is 5.82. The Morgan fingerprint density at radius 3 is 1.90 bits per heavy atom. The summed E-state index contributed by atoms with van der Waals surface area (Å²) < 4.78 is 0. The van der Waals surface area contributed by atoms with Crippen molar-refractivity contribution in [3.05, 3.63) is 35.9 Å². The molecule has 0 amide bonds. The highest BCUT2D eigenvalue weighted by Crippen LogP contribution is 2.00. The van der Waals surface area contributed by atoms with Gasteiger partial charge in [-0.15, -0.1) is 11.6 Å². The second kappa shape index (κ2) is 6.59. The molecule has 0 aliphatic carbocycles. The second-order valence-corrected chi connectivity index (χ2v) is 1.89. The maximum absolute atomic E-state index is 5.53. The van der Waals surface area contributed by atoms with E-state index in [9.17, 15) is 0 Å². The standard InChI is InChI=1S/C7H7Cl.CH4.H3N/c8-6-7-4-2-1-3-5-7;;/h1-5H,6H2;1H4;1H3. The van der Waals surface area contributed by atoms with E-state index in [0.717, 1.165) is 0 Å². The lowest BCUT2D eigenvalue weighted by Crippen LogP contribution is -1.71. The van der Waals surface area contributed by atoms with E-state index in [2.05, 4.69) is 0 Å². The van der Waals surface area contributed by atoms with E-state index < -0.39 is 0 Å². The Kier molecular flexibility index (Phi) is 8.02. The zero-order valence-electron chi connectivity index (χ0n) is 5.18. The average Bonchev–Trinajstić information content (AvgIpc) is 1.90. The van der Waals surface area contributed by atoms with E-state index in [-0.39, 0.29) is 13.6 Å². The summed E-state index contributed by atoms with van der Waals surface area (Å²) in [5.74, 6) is 0.612. The Morgan fingerprint density at radius 1 is 1.10 bits per heavy atom. The van der Waals surface area contributed by atoms with Crippen molar-refractivity contribution in [3.8, 4) is 0 Å². The van der Waals surface area contributed by atoms with Crippen LogP contribution in [0.4, 0.5) is 0 Å². The normalized spacial score (nSPS) is 7.30.